The predicted molar refractivity (Wildman–Crippen MR) is 67.4 cm³/mol. The summed E-state index contributed by atoms with van der Waals surface area (Å²) in [6.45, 7) is 4.97. The molecule has 88 valence electrons. The normalized spacial score (nSPS) is 22.5. The molecule has 0 amide bonds. The highest BCUT2D eigenvalue weighted by Crippen LogP contribution is 2.17. The van der Waals surface area contributed by atoms with Gasteiger partial charge in [-0.3, -0.25) is 4.90 Å². The Bertz CT molecular complexity index is 147. The summed E-state index contributed by atoms with van der Waals surface area (Å²) in [4.78, 5) is 4.89. The third kappa shape index (κ3) is 3.40. The Kier molecular flexibility index (Phi) is 8.69. The summed E-state index contributed by atoms with van der Waals surface area (Å²) in [7, 11) is 4.34. The van der Waals surface area contributed by atoms with Crippen LogP contribution in [0.25, 0.3) is 0 Å². The van der Waals surface area contributed by atoms with Crippen LogP contribution in [0.4, 0.5) is 0 Å². The highest BCUT2D eigenvalue weighted by molar-refractivity contribution is 5.86. The van der Waals surface area contributed by atoms with Crippen molar-refractivity contribution in [3.63, 3.8) is 0 Å². The summed E-state index contributed by atoms with van der Waals surface area (Å²) in [6.07, 6.45) is 0. The van der Waals surface area contributed by atoms with E-state index < -0.39 is 0 Å². The van der Waals surface area contributed by atoms with Crippen molar-refractivity contribution in [3.8, 4) is 0 Å². The number of hydrogen-bond donors (Lipinski definition) is 1. The van der Waals surface area contributed by atoms with Crippen molar-refractivity contribution >= 4 is 37.2 Å². The van der Waals surface area contributed by atoms with E-state index in [-0.39, 0.29) is 37.2 Å². The molecule has 0 aliphatic carbocycles. The lowest BCUT2D eigenvalue weighted by Gasteiger charge is -2.50. The Morgan fingerprint density at radius 3 is 1.86 bits per heavy atom. The van der Waals surface area contributed by atoms with Crippen LogP contribution < -0.4 is 5.32 Å². The number of halogens is 3. The van der Waals surface area contributed by atoms with E-state index in [0.717, 1.165) is 12.1 Å². The highest BCUT2D eigenvalue weighted by atomic mass is 35.5. The molecule has 0 unspecified atom stereocenters. The SMILES string of the molecule is CN(C)C1CN(C2CNC2)C1.Cl.Cl.Cl. The molecule has 0 aromatic rings. The fraction of sp³-hybridized carbons (Fsp3) is 1.00. The number of likely N-dealkylation sites (N-methyl/N-ethyl adjacent to an activating group) is 1. The second-order valence-corrected chi connectivity index (χ2v) is 3.88. The summed E-state index contributed by atoms with van der Waals surface area (Å²) >= 11 is 0. The number of likely N-dealkylation sites (tertiary alicyclic amines) is 1. The number of rotatable bonds is 2. The van der Waals surface area contributed by atoms with Crippen LogP contribution in [-0.2, 0) is 0 Å². The molecule has 2 saturated heterocycles. The summed E-state index contributed by atoms with van der Waals surface area (Å²) in [5.74, 6) is 0. The van der Waals surface area contributed by atoms with Crippen LogP contribution in [0.1, 0.15) is 0 Å². The first-order valence-corrected chi connectivity index (χ1v) is 4.38. The molecule has 2 heterocycles. The molecule has 0 atom stereocenters. The zero-order valence-electron chi connectivity index (χ0n) is 8.60. The van der Waals surface area contributed by atoms with Gasteiger partial charge in [0.05, 0.1) is 0 Å². The van der Waals surface area contributed by atoms with Crippen LogP contribution in [-0.4, -0.2) is 62.2 Å². The monoisotopic (exact) mass is 263 g/mol. The van der Waals surface area contributed by atoms with Gasteiger partial charge >= 0.3 is 0 Å². The molecule has 0 aromatic heterocycles. The molecule has 14 heavy (non-hydrogen) atoms. The van der Waals surface area contributed by atoms with Crippen LogP contribution in [0.3, 0.4) is 0 Å². The molecule has 6 heteroatoms. The minimum atomic E-state index is 0. The predicted octanol–water partition coefficient (Wildman–Crippen LogP) is 0.469. The van der Waals surface area contributed by atoms with Gasteiger partial charge < -0.3 is 10.2 Å². The minimum absolute atomic E-state index is 0. The van der Waals surface area contributed by atoms with E-state index in [1.54, 1.807) is 0 Å². The third-order valence-electron chi connectivity index (χ3n) is 2.90. The lowest BCUT2D eigenvalue weighted by molar-refractivity contribution is 0.00897. The molecule has 3 nitrogen and oxygen atoms in total. The van der Waals surface area contributed by atoms with E-state index in [1.165, 1.54) is 26.2 Å². The first kappa shape index (κ1) is 17.2. The van der Waals surface area contributed by atoms with Gasteiger partial charge in [0.2, 0.25) is 0 Å². The van der Waals surface area contributed by atoms with Crippen LogP contribution in [0.5, 0.6) is 0 Å². The molecule has 2 rings (SSSR count). The van der Waals surface area contributed by atoms with Crippen molar-refractivity contribution in [2.75, 3.05) is 40.3 Å². The van der Waals surface area contributed by atoms with Crippen LogP contribution in [0.2, 0.25) is 0 Å². The van der Waals surface area contributed by atoms with Gasteiger partial charge in [0.1, 0.15) is 0 Å². The average molecular weight is 265 g/mol. The zero-order valence-corrected chi connectivity index (χ0v) is 11.1. The van der Waals surface area contributed by atoms with Gasteiger partial charge in [-0.1, -0.05) is 0 Å². The van der Waals surface area contributed by atoms with Gasteiger partial charge in [0.15, 0.2) is 0 Å². The second-order valence-electron chi connectivity index (χ2n) is 3.88. The molecule has 0 spiro atoms. The smallest absolute Gasteiger partial charge is 0.0346 e. The molecule has 2 aliphatic heterocycles. The summed E-state index contributed by atoms with van der Waals surface area (Å²) in [6, 6.07) is 1.67. The molecule has 0 aromatic carbocycles. The molecule has 0 radical (unpaired) electrons. The van der Waals surface area contributed by atoms with Crippen molar-refractivity contribution < 1.29 is 0 Å². The number of hydrogen-bond acceptors (Lipinski definition) is 3. The second kappa shape index (κ2) is 7.09. The largest absolute Gasteiger partial charge is 0.314 e. The van der Waals surface area contributed by atoms with Crippen molar-refractivity contribution in [2.45, 2.75) is 12.1 Å². The lowest BCUT2D eigenvalue weighted by atomic mass is 10.0. The topological polar surface area (TPSA) is 18.5 Å². The number of nitrogens with zero attached hydrogens (tertiary/aromatic N) is 2. The van der Waals surface area contributed by atoms with Gasteiger partial charge in [-0.15, -0.1) is 37.2 Å². The minimum Gasteiger partial charge on any atom is -0.314 e. The van der Waals surface area contributed by atoms with Crippen molar-refractivity contribution in [3.05, 3.63) is 0 Å². The van der Waals surface area contributed by atoms with Crippen molar-refractivity contribution in [2.24, 2.45) is 0 Å². The van der Waals surface area contributed by atoms with E-state index in [4.69, 9.17) is 0 Å². The summed E-state index contributed by atoms with van der Waals surface area (Å²) in [5.41, 5.74) is 0. The quantitative estimate of drug-likeness (QED) is 0.782. The Labute approximate surface area is 105 Å². The van der Waals surface area contributed by atoms with Crippen LogP contribution in [0.15, 0.2) is 0 Å². The zero-order chi connectivity index (χ0) is 7.84. The maximum absolute atomic E-state index is 3.30. The molecular formula is C8H20Cl3N3. The maximum atomic E-state index is 3.30. The van der Waals surface area contributed by atoms with E-state index >= 15 is 0 Å². The Morgan fingerprint density at radius 1 is 1.07 bits per heavy atom. The van der Waals surface area contributed by atoms with Gasteiger partial charge in [0.25, 0.3) is 0 Å². The van der Waals surface area contributed by atoms with E-state index in [0.29, 0.717) is 0 Å². The summed E-state index contributed by atoms with van der Waals surface area (Å²) < 4.78 is 0. The molecule has 0 saturated carbocycles. The third-order valence-corrected chi connectivity index (χ3v) is 2.90. The highest BCUT2D eigenvalue weighted by Gasteiger charge is 2.35. The van der Waals surface area contributed by atoms with E-state index in [1.807, 2.05) is 0 Å². The Balaban J connectivity index is 0. The molecular weight excluding hydrogens is 244 g/mol. The van der Waals surface area contributed by atoms with Gasteiger partial charge in [-0.05, 0) is 14.1 Å². The van der Waals surface area contributed by atoms with Crippen LogP contribution >= 0.6 is 37.2 Å². The molecule has 0 bridgehead atoms. The van der Waals surface area contributed by atoms with Gasteiger partial charge in [-0.25, -0.2) is 0 Å². The summed E-state index contributed by atoms with van der Waals surface area (Å²) in [5, 5.41) is 3.30. The molecule has 2 fully saturated rings. The first-order valence-electron chi connectivity index (χ1n) is 4.38. The van der Waals surface area contributed by atoms with Crippen molar-refractivity contribution in [1.29, 1.82) is 0 Å². The average Bonchev–Trinajstić information content (AvgIpc) is 1.70. The molecule has 1 N–H and O–H groups in total. The van der Waals surface area contributed by atoms with E-state index in [9.17, 15) is 0 Å². The fourth-order valence-corrected chi connectivity index (χ4v) is 1.64. The Hall–Kier alpha value is 0.750. The van der Waals surface area contributed by atoms with Gasteiger partial charge in [0, 0.05) is 38.3 Å². The lowest BCUT2D eigenvalue weighted by Crippen LogP contribution is -2.68. The fourth-order valence-electron chi connectivity index (χ4n) is 1.64. The standard InChI is InChI=1S/C8H17N3.3ClH/c1-10(2)8-5-11(6-8)7-3-9-4-7;;;/h7-9H,3-6H2,1-2H3;3*1H. The maximum Gasteiger partial charge on any atom is 0.0346 e. The first-order chi connectivity index (χ1) is 5.27. The van der Waals surface area contributed by atoms with E-state index in [2.05, 4.69) is 29.2 Å². The van der Waals surface area contributed by atoms with Crippen molar-refractivity contribution in [1.82, 2.24) is 15.1 Å². The number of nitrogens with one attached hydrogen (secondary N) is 1. The van der Waals surface area contributed by atoms with Gasteiger partial charge in [-0.2, -0.15) is 0 Å². The molecule has 2 aliphatic rings. The van der Waals surface area contributed by atoms with Crippen LogP contribution in [0, 0.1) is 0 Å². The Morgan fingerprint density at radius 2 is 1.57 bits per heavy atom.